The van der Waals surface area contributed by atoms with Gasteiger partial charge in [-0.15, -0.1) is 0 Å². The van der Waals surface area contributed by atoms with Gasteiger partial charge in [0.05, 0.1) is 27.7 Å². The van der Waals surface area contributed by atoms with E-state index in [0.29, 0.717) is 17.4 Å². The third-order valence-corrected chi connectivity index (χ3v) is 16.4. The van der Waals surface area contributed by atoms with E-state index in [2.05, 4.69) is 148 Å². The molecule has 0 aromatic carbocycles. The van der Waals surface area contributed by atoms with Crippen molar-refractivity contribution in [3.63, 3.8) is 0 Å². The first-order chi connectivity index (χ1) is 43.5. The summed E-state index contributed by atoms with van der Waals surface area (Å²) in [7, 11) is 1.15. The maximum Gasteiger partial charge on any atom is 0.306 e. The molecule has 0 aliphatic heterocycles. The van der Waals surface area contributed by atoms with Crippen LogP contribution in [0.2, 0.25) is 0 Å². The number of phosphoric ester groups is 1. The molecule has 10 heteroatoms. The maximum atomic E-state index is 12.9. The molecule has 510 valence electrons. The van der Waals surface area contributed by atoms with Crippen molar-refractivity contribution in [1.29, 1.82) is 0 Å². The number of hydrogen-bond donors (Lipinski definition) is 0. The summed E-state index contributed by atoms with van der Waals surface area (Å²) in [5.74, 6) is -0.852. The summed E-state index contributed by atoms with van der Waals surface area (Å²) in [5.41, 5.74) is 0. The number of unbranched alkanes of at least 4 members (excludes halogenated alkanes) is 30. The lowest BCUT2D eigenvalue weighted by atomic mass is 10.0. The van der Waals surface area contributed by atoms with Crippen molar-refractivity contribution in [2.24, 2.45) is 0 Å². The van der Waals surface area contributed by atoms with Crippen molar-refractivity contribution >= 4 is 19.8 Å². The Morgan fingerprint density at radius 1 is 0.360 bits per heavy atom. The van der Waals surface area contributed by atoms with Crippen molar-refractivity contribution < 1.29 is 42.1 Å². The number of allylic oxidation sites excluding steroid dienone is 22. The van der Waals surface area contributed by atoms with Crippen LogP contribution in [-0.4, -0.2) is 70.0 Å². The Morgan fingerprint density at radius 2 is 0.640 bits per heavy atom. The number of rotatable bonds is 66. The first kappa shape index (κ1) is 85.2. The van der Waals surface area contributed by atoms with Crippen LogP contribution in [0, 0.1) is 0 Å². The molecule has 0 saturated heterocycles. The van der Waals surface area contributed by atoms with E-state index < -0.39 is 26.5 Å². The normalized spacial score (nSPS) is 13.9. The zero-order valence-electron chi connectivity index (χ0n) is 58.1. The molecular formula is C79H136NO8P. The molecule has 0 N–H and O–H groups in total. The quantitative estimate of drug-likeness (QED) is 0.0195. The van der Waals surface area contributed by atoms with Gasteiger partial charge in [0.2, 0.25) is 0 Å². The highest BCUT2D eigenvalue weighted by Crippen LogP contribution is 2.38. The van der Waals surface area contributed by atoms with Gasteiger partial charge < -0.3 is 27.9 Å². The summed E-state index contributed by atoms with van der Waals surface area (Å²) < 4.78 is 34.3. The van der Waals surface area contributed by atoms with Gasteiger partial charge in [0.15, 0.2) is 6.10 Å². The molecular weight excluding hydrogens is 1120 g/mol. The van der Waals surface area contributed by atoms with E-state index in [0.717, 1.165) is 122 Å². The zero-order valence-corrected chi connectivity index (χ0v) is 59.0. The molecule has 0 aromatic heterocycles. The van der Waals surface area contributed by atoms with Crippen molar-refractivity contribution in [2.45, 2.75) is 309 Å². The number of quaternary nitrogens is 1. The van der Waals surface area contributed by atoms with E-state index in [-0.39, 0.29) is 32.0 Å². The fourth-order valence-electron chi connectivity index (χ4n) is 9.90. The third kappa shape index (κ3) is 73.1. The number of carbonyl (C=O) groups is 2. The van der Waals surface area contributed by atoms with E-state index in [4.69, 9.17) is 18.5 Å². The van der Waals surface area contributed by atoms with Gasteiger partial charge in [0.25, 0.3) is 7.82 Å². The Kier molecular flexibility index (Phi) is 65.6. The summed E-state index contributed by atoms with van der Waals surface area (Å²) in [6, 6.07) is 0. The standard InChI is InChI=1S/C79H136NO8P/c1-6-8-10-12-14-16-18-20-22-24-26-28-30-32-34-35-36-37-38-39-40-41-42-43-44-45-46-48-50-52-54-56-58-60-62-64-66-68-70-72-79(82)88-77(76-87-89(83,84)86-74-73-80(3,4)5)75-85-78(81)71-69-67-65-63-61-59-57-55-53-51-49-47-33-31-29-27-25-23-21-19-17-15-13-11-9-7-2/h8,10,14,16,20,22,26,28,32,34,36-37,39-40,42-43,45-46,50,52,56,58,77H,6-7,9,11-13,15,17-19,21,23-25,27,29-31,33,35,38,41,44,47-49,51,53-55,57,59-76H2,1-5H3/b10-8-,16-14-,22-20-,28-26-,34-32-,37-36-,40-39-,43-42-,46-45-,52-50-,58-56-. The largest absolute Gasteiger partial charge is 0.756 e. The minimum Gasteiger partial charge on any atom is -0.756 e. The zero-order chi connectivity index (χ0) is 64.8. The Labute approximate surface area is 549 Å². The number of carbonyl (C=O) groups excluding carboxylic acids is 2. The average molecular weight is 1260 g/mol. The molecule has 89 heavy (non-hydrogen) atoms. The SMILES string of the molecule is CC/C=C\C/C=C\C/C=C\C/C=C\C/C=C\C/C=C\C/C=C\C/C=C\C/C=C\C/C=C\C/C=C\CCCCCCCC(=O)OC(COC(=O)CCCCCCCCCCCCCCCCCCCCCCCCCCCC)COP(=O)([O-])OCC[N+](C)(C)C. The Morgan fingerprint density at radius 3 is 0.955 bits per heavy atom. The lowest BCUT2D eigenvalue weighted by Crippen LogP contribution is -2.37. The van der Waals surface area contributed by atoms with Gasteiger partial charge in [-0.3, -0.25) is 14.2 Å². The number of phosphoric acid groups is 1. The number of ether oxygens (including phenoxy) is 2. The number of esters is 2. The average Bonchev–Trinajstić information content (AvgIpc) is 3.60. The van der Waals surface area contributed by atoms with E-state index in [9.17, 15) is 19.0 Å². The minimum absolute atomic E-state index is 0.0399. The molecule has 0 rings (SSSR count). The molecule has 0 bridgehead atoms. The molecule has 9 nitrogen and oxygen atoms in total. The predicted molar refractivity (Wildman–Crippen MR) is 383 cm³/mol. The number of hydrogen-bond acceptors (Lipinski definition) is 8. The molecule has 0 saturated carbocycles. The van der Waals surface area contributed by atoms with Gasteiger partial charge in [-0.1, -0.05) is 327 Å². The van der Waals surface area contributed by atoms with Gasteiger partial charge in [0, 0.05) is 12.8 Å². The van der Waals surface area contributed by atoms with Crippen molar-refractivity contribution in [3.05, 3.63) is 134 Å². The summed E-state index contributed by atoms with van der Waals surface area (Å²) in [6.45, 7) is 4.13. The van der Waals surface area contributed by atoms with Gasteiger partial charge in [-0.2, -0.15) is 0 Å². The third-order valence-electron chi connectivity index (χ3n) is 15.4. The fourth-order valence-corrected chi connectivity index (χ4v) is 10.6. The molecule has 0 spiro atoms. The second-order valence-electron chi connectivity index (χ2n) is 25.2. The molecule has 2 atom stereocenters. The fraction of sp³-hybridized carbons (Fsp3) is 0.696. The van der Waals surface area contributed by atoms with E-state index in [1.54, 1.807) is 0 Å². The summed E-state index contributed by atoms with van der Waals surface area (Å²) in [6.07, 6.45) is 99.7. The maximum absolute atomic E-state index is 12.9. The number of nitrogens with zero attached hydrogens (tertiary/aromatic N) is 1. The summed E-state index contributed by atoms with van der Waals surface area (Å²) in [4.78, 5) is 38.1. The van der Waals surface area contributed by atoms with Crippen LogP contribution in [0.15, 0.2) is 134 Å². The molecule has 0 aliphatic rings. The van der Waals surface area contributed by atoms with E-state index >= 15 is 0 Å². The molecule has 0 radical (unpaired) electrons. The van der Waals surface area contributed by atoms with Gasteiger partial charge >= 0.3 is 11.9 Å². The molecule has 2 unspecified atom stereocenters. The van der Waals surface area contributed by atoms with Gasteiger partial charge in [-0.05, 0) is 96.3 Å². The Balaban J connectivity index is 4.13. The van der Waals surface area contributed by atoms with Crippen LogP contribution in [-0.2, 0) is 32.7 Å². The lowest BCUT2D eigenvalue weighted by molar-refractivity contribution is -0.870. The van der Waals surface area contributed by atoms with Crippen molar-refractivity contribution in [1.82, 2.24) is 0 Å². The van der Waals surface area contributed by atoms with Crippen LogP contribution >= 0.6 is 7.82 Å². The Hall–Kier alpha value is -3.85. The van der Waals surface area contributed by atoms with Crippen LogP contribution in [0.3, 0.4) is 0 Å². The summed E-state index contributed by atoms with van der Waals surface area (Å²) >= 11 is 0. The predicted octanol–water partition coefficient (Wildman–Crippen LogP) is 23.4. The highest BCUT2D eigenvalue weighted by Gasteiger charge is 2.22. The van der Waals surface area contributed by atoms with Crippen molar-refractivity contribution in [2.75, 3.05) is 47.5 Å². The lowest BCUT2D eigenvalue weighted by Gasteiger charge is -2.28. The monoisotopic (exact) mass is 1260 g/mol. The first-order valence-corrected chi connectivity index (χ1v) is 37.9. The van der Waals surface area contributed by atoms with Crippen molar-refractivity contribution in [3.8, 4) is 0 Å². The van der Waals surface area contributed by atoms with Crippen LogP contribution in [0.1, 0.15) is 303 Å². The van der Waals surface area contributed by atoms with Gasteiger partial charge in [0.1, 0.15) is 19.8 Å². The highest BCUT2D eigenvalue weighted by atomic mass is 31.2. The minimum atomic E-state index is -4.66. The van der Waals surface area contributed by atoms with Crippen LogP contribution in [0.25, 0.3) is 0 Å². The first-order valence-electron chi connectivity index (χ1n) is 36.4. The smallest absolute Gasteiger partial charge is 0.306 e. The van der Waals surface area contributed by atoms with E-state index in [1.165, 1.54) is 148 Å². The molecule has 0 amide bonds. The molecule has 0 aromatic rings. The Bertz CT molecular complexity index is 1970. The topological polar surface area (TPSA) is 111 Å². The van der Waals surface area contributed by atoms with Gasteiger partial charge in [-0.25, -0.2) is 0 Å². The molecule has 0 heterocycles. The number of likely N-dealkylation sites (N-methyl/N-ethyl adjacent to an activating group) is 1. The van der Waals surface area contributed by atoms with Crippen LogP contribution < -0.4 is 4.89 Å². The highest BCUT2D eigenvalue weighted by molar-refractivity contribution is 7.45. The molecule has 0 fully saturated rings. The van der Waals surface area contributed by atoms with Crippen LogP contribution in [0.5, 0.6) is 0 Å². The molecule has 0 aliphatic carbocycles. The van der Waals surface area contributed by atoms with Crippen LogP contribution in [0.4, 0.5) is 0 Å². The summed E-state index contributed by atoms with van der Waals surface area (Å²) in [5, 5.41) is 0. The second-order valence-corrected chi connectivity index (χ2v) is 26.6. The van der Waals surface area contributed by atoms with E-state index in [1.807, 2.05) is 21.1 Å². The second kappa shape index (κ2) is 68.5.